The van der Waals surface area contributed by atoms with Gasteiger partial charge in [0.2, 0.25) is 0 Å². The van der Waals surface area contributed by atoms with Crippen molar-refractivity contribution in [1.82, 2.24) is 4.98 Å². The minimum atomic E-state index is -3.72. The van der Waals surface area contributed by atoms with E-state index in [1.165, 1.54) is 6.07 Å². The van der Waals surface area contributed by atoms with Gasteiger partial charge in [-0.1, -0.05) is 15.9 Å². The summed E-state index contributed by atoms with van der Waals surface area (Å²) in [6.45, 7) is 1.72. The third kappa shape index (κ3) is 3.05. The van der Waals surface area contributed by atoms with E-state index in [0.717, 1.165) is 4.47 Å². The average Bonchev–Trinajstić information content (AvgIpc) is 2.31. The van der Waals surface area contributed by atoms with Crippen LogP contribution in [0.2, 0.25) is 0 Å². The van der Waals surface area contributed by atoms with Crippen LogP contribution >= 0.6 is 15.9 Å². The van der Waals surface area contributed by atoms with Crippen molar-refractivity contribution in [3.8, 4) is 0 Å². The third-order valence-corrected chi connectivity index (χ3v) is 4.45. The zero-order valence-corrected chi connectivity index (χ0v) is 12.5. The van der Waals surface area contributed by atoms with Gasteiger partial charge in [0.25, 0.3) is 10.0 Å². The highest BCUT2D eigenvalue weighted by atomic mass is 79.9. The molecule has 100 valence electrons. The van der Waals surface area contributed by atoms with Crippen molar-refractivity contribution in [2.45, 2.75) is 11.8 Å². The molecule has 0 atom stereocenters. The molecule has 7 heteroatoms. The van der Waals surface area contributed by atoms with E-state index in [-0.39, 0.29) is 10.6 Å². The first-order valence-electron chi connectivity index (χ1n) is 5.39. The molecule has 0 amide bonds. The standard InChI is InChI=1S/C12H12BrN3O2S/c1-8-11(3-2-6-15-8)16-19(17,18)12-5-4-9(13)7-10(12)14/h2-7,16H,14H2,1H3. The first-order chi connectivity index (χ1) is 8.90. The maximum atomic E-state index is 12.3. The highest BCUT2D eigenvalue weighted by Gasteiger charge is 2.18. The number of aromatic nitrogens is 1. The van der Waals surface area contributed by atoms with Crippen LogP contribution in [-0.4, -0.2) is 13.4 Å². The number of hydrogen-bond acceptors (Lipinski definition) is 4. The fraction of sp³-hybridized carbons (Fsp3) is 0.0833. The van der Waals surface area contributed by atoms with Crippen molar-refractivity contribution in [2.24, 2.45) is 0 Å². The summed E-state index contributed by atoms with van der Waals surface area (Å²) in [5.41, 5.74) is 6.95. The van der Waals surface area contributed by atoms with Crippen LogP contribution in [0.4, 0.5) is 11.4 Å². The Kier molecular flexibility index (Phi) is 3.77. The lowest BCUT2D eigenvalue weighted by atomic mass is 10.3. The van der Waals surface area contributed by atoms with Crippen molar-refractivity contribution < 1.29 is 8.42 Å². The van der Waals surface area contributed by atoms with Crippen LogP contribution < -0.4 is 10.5 Å². The summed E-state index contributed by atoms with van der Waals surface area (Å²) >= 11 is 3.24. The summed E-state index contributed by atoms with van der Waals surface area (Å²) in [5.74, 6) is 0. The van der Waals surface area contributed by atoms with Gasteiger partial charge in [-0.25, -0.2) is 8.42 Å². The molecule has 1 aromatic carbocycles. The summed E-state index contributed by atoms with van der Waals surface area (Å²) in [6, 6.07) is 7.93. The van der Waals surface area contributed by atoms with Gasteiger partial charge in [0.15, 0.2) is 0 Å². The Hall–Kier alpha value is -1.60. The van der Waals surface area contributed by atoms with Crippen LogP contribution in [0.1, 0.15) is 5.69 Å². The van der Waals surface area contributed by atoms with Crippen molar-refractivity contribution in [2.75, 3.05) is 10.5 Å². The Balaban J connectivity index is 2.41. The minimum absolute atomic E-state index is 0.0407. The molecule has 0 saturated carbocycles. The van der Waals surface area contributed by atoms with E-state index in [1.54, 1.807) is 37.4 Å². The van der Waals surface area contributed by atoms with Gasteiger partial charge in [-0.15, -0.1) is 0 Å². The first kappa shape index (κ1) is 13.8. The van der Waals surface area contributed by atoms with Gasteiger partial charge in [0.1, 0.15) is 4.90 Å². The van der Waals surface area contributed by atoms with Crippen LogP contribution in [-0.2, 0) is 10.0 Å². The van der Waals surface area contributed by atoms with Gasteiger partial charge in [0.05, 0.1) is 17.1 Å². The van der Waals surface area contributed by atoms with Gasteiger partial charge in [-0.2, -0.15) is 0 Å². The minimum Gasteiger partial charge on any atom is -0.398 e. The molecule has 0 radical (unpaired) electrons. The maximum absolute atomic E-state index is 12.3. The molecule has 0 aliphatic carbocycles. The van der Waals surface area contributed by atoms with Gasteiger partial charge in [-0.05, 0) is 37.3 Å². The number of anilines is 2. The Bertz CT molecular complexity index is 717. The predicted molar refractivity (Wildman–Crippen MR) is 78.3 cm³/mol. The summed E-state index contributed by atoms with van der Waals surface area (Å²) in [4.78, 5) is 4.07. The number of halogens is 1. The van der Waals surface area contributed by atoms with Crippen LogP contribution in [0.3, 0.4) is 0 Å². The average molecular weight is 342 g/mol. The number of nitrogen functional groups attached to an aromatic ring is 1. The molecule has 1 aromatic heterocycles. The number of rotatable bonds is 3. The number of nitrogens with two attached hydrogens (primary N) is 1. The van der Waals surface area contributed by atoms with E-state index >= 15 is 0 Å². The second-order valence-electron chi connectivity index (χ2n) is 3.92. The highest BCUT2D eigenvalue weighted by molar-refractivity contribution is 9.10. The van der Waals surface area contributed by atoms with E-state index in [0.29, 0.717) is 11.4 Å². The number of benzene rings is 1. The molecule has 0 saturated heterocycles. The first-order valence-corrected chi connectivity index (χ1v) is 7.67. The zero-order valence-electron chi connectivity index (χ0n) is 10.1. The predicted octanol–water partition coefficient (Wildman–Crippen LogP) is 2.54. The largest absolute Gasteiger partial charge is 0.398 e. The molecule has 0 bridgehead atoms. The number of hydrogen-bond donors (Lipinski definition) is 2. The van der Waals surface area contributed by atoms with E-state index in [1.807, 2.05) is 0 Å². The van der Waals surface area contributed by atoms with Crippen LogP contribution in [0.15, 0.2) is 45.9 Å². The van der Waals surface area contributed by atoms with Gasteiger partial charge in [0, 0.05) is 10.7 Å². The van der Waals surface area contributed by atoms with Crippen LogP contribution in [0, 0.1) is 6.92 Å². The molecule has 0 fully saturated rings. The van der Waals surface area contributed by atoms with Crippen molar-refractivity contribution >= 4 is 37.3 Å². The SMILES string of the molecule is Cc1ncccc1NS(=O)(=O)c1ccc(Br)cc1N. The lowest BCUT2D eigenvalue weighted by molar-refractivity contribution is 0.601. The molecule has 0 aliphatic rings. The quantitative estimate of drug-likeness (QED) is 0.840. The third-order valence-electron chi connectivity index (χ3n) is 2.51. The summed E-state index contributed by atoms with van der Waals surface area (Å²) in [7, 11) is -3.72. The van der Waals surface area contributed by atoms with Gasteiger partial charge < -0.3 is 5.73 Å². The molecule has 19 heavy (non-hydrogen) atoms. The molecule has 0 spiro atoms. The second kappa shape index (κ2) is 5.18. The zero-order chi connectivity index (χ0) is 14.0. The number of nitrogens with zero attached hydrogens (tertiary/aromatic N) is 1. The van der Waals surface area contributed by atoms with Crippen molar-refractivity contribution in [3.63, 3.8) is 0 Å². The van der Waals surface area contributed by atoms with E-state index in [9.17, 15) is 8.42 Å². The van der Waals surface area contributed by atoms with E-state index in [4.69, 9.17) is 5.73 Å². The van der Waals surface area contributed by atoms with E-state index in [2.05, 4.69) is 25.6 Å². The molecular formula is C12H12BrN3O2S. The molecule has 3 N–H and O–H groups in total. The molecule has 0 aliphatic heterocycles. The Morgan fingerprint density at radius 3 is 2.68 bits per heavy atom. The number of pyridine rings is 1. The molecular weight excluding hydrogens is 330 g/mol. The Morgan fingerprint density at radius 1 is 1.32 bits per heavy atom. The summed E-state index contributed by atoms with van der Waals surface area (Å²) < 4.78 is 27.7. The Morgan fingerprint density at radius 2 is 2.05 bits per heavy atom. The lowest BCUT2D eigenvalue weighted by Gasteiger charge is -2.11. The molecule has 1 heterocycles. The topological polar surface area (TPSA) is 85.1 Å². The normalized spacial score (nSPS) is 11.3. The van der Waals surface area contributed by atoms with Gasteiger partial charge in [-0.3, -0.25) is 9.71 Å². The smallest absolute Gasteiger partial charge is 0.264 e. The van der Waals surface area contributed by atoms with Crippen molar-refractivity contribution in [3.05, 3.63) is 46.7 Å². The number of nitrogens with one attached hydrogen (secondary N) is 1. The lowest BCUT2D eigenvalue weighted by Crippen LogP contribution is -2.15. The summed E-state index contributed by atoms with van der Waals surface area (Å²) in [6.07, 6.45) is 1.60. The van der Waals surface area contributed by atoms with Crippen LogP contribution in [0.25, 0.3) is 0 Å². The fourth-order valence-corrected chi connectivity index (χ4v) is 3.17. The Labute approximate surface area is 120 Å². The number of sulfonamides is 1. The second-order valence-corrected chi connectivity index (χ2v) is 6.49. The maximum Gasteiger partial charge on any atom is 0.264 e. The number of aryl methyl sites for hydroxylation is 1. The molecule has 2 rings (SSSR count). The molecule has 5 nitrogen and oxygen atoms in total. The summed E-state index contributed by atoms with van der Waals surface area (Å²) in [5, 5.41) is 0. The van der Waals surface area contributed by atoms with Crippen molar-refractivity contribution in [1.29, 1.82) is 0 Å². The van der Waals surface area contributed by atoms with Crippen LogP contribution in [0.5, 0.6) is 0 Å². The fourth-order valence-electron chi connectivity index (χ4n) is 1.56. The van der Waals surface area contributed by atoms with E-state index < -0.39 is 10.0 Å². The highest BCUT2D eigenvalue weighted by Crippen LogP contribution is 2.25. The monoisotopic (exact) mass is 341 g/mol. The molecule has 2 aromatic rings. The molecule has 0 unspecified atom stereocenters. The van der Waals surface area contributed by atoms with Gasteiger partial charge >= 0.3 is 0 Å².